The molecule has 21 heavy (non-hydrogen) atoms. The Balaban J connectivity index is 2.14. The maximum absolute atomic E-state index is 11.5. The third kappa shape index (κ3) is 2.58. The minimum absolute atomic E-state index is 0.300. The van der Waals surface area contributed by atoms with Crippen LogP contribution in [-0.4, -0.2) is 29.2 Å². The second-order valence-electron chi connectivity index (χ2n) is 4.79. The van der Waals surface area contributed by atoms with Gasteiger partial charge in [0.15, 0.2) is 9.84 Å². The number of hydrogen-bond donors (Lipinski definition) is 0. The van der Waals surface area contributed by atoms with E-state index in [-0.39, 0.29) is 0 Å². The minimum Gasteiger partial charge on any atom is -0.327 e. The maximum Gasteiger partial charge on any atom is 0.175 e. The lowest BCUT2D eigenvalue weighted by Gasteiger charge is -2.04. The van der Waals surface area contributed by atoms with Crippen molar-refractivity contribution in [1.29, 1.82) is 0 Å². The number of rotatable bonds is 2. The summed E-state index contributed by atoms with van der Waals surface area (Å²) >= 11 is 3.34. The molecule has 5 nitrogen and oxygen atoms in total. The zero-order valence-corrected chi connectivity index (χ0v) is 13.8. The van der Waals surface area contributed by atoms with Gasteiger partial charge in [0.1, 0.15) is 15.9 Å². The summed E-state index contributed by atoms with van der Waals surface area (Å²) < 4.78 is 25.7. The number of pyridine rings is 1. The molecular weight excluding hydrogens is 354 g/mol. The third-order valence-electron chi connectivity index (χ3n) is 3.27. The minimum atomic E-state index is -3.19. The number of nitrogens with zero attached hydrogens (tertiary/aromatic N) is 3. The van der Waals surface area contributed by atoms with Gasteiger partial charge < -0.3 is 4.57 Å². The van der Waals surface area contributed by atoms with Gasteiger partial charge >= 0.3 is 0 Å². The van der Waals surface area contributed by atoms with Crippen molar-refractivity contribution in [3.63, 3.8) is 0 Å². The van der Waals surface area contributed by atoms with Crippen LogP contribution in [0.3, 0.4) is 0 Å². The summed E-state index contributed by atoms with van der Waals surface area (Å²) in [5, 5.41) is 0. The third-order valence-corrected chi connectivity index (χ3v) is 4.84. The SMILES string of the molecule is Cn1c(-c2ccc(S(C)(=O)=O)cc2)nc2cnc(Br)cc21. The monoisotopic (exact) mass is 365 g/mol. The lowest BCUT2D eigenvalue weighted by atomic mass is 10.2. The van der Waals surface area contributed by atoms with E-state index >= 15 is 0 Å². The van der Waals surface area contributed by atoms with Crippen LogP contribution >= 0.6 is 15.9 Å². The van der Waals surface area contributed by atoms with Crippen LogP contribution in [0.4, 0.5) is 0 Å². The first-order valence-electron chi connectivity index (χ1n) is 6.15. The molecule has 0 unspecified atom stereocenters. The van der Waals surface area contributed by atoms with Gasteiger partial charge in [-0.2, -0.15) is 0 Å². The van der Waals surface area contributed by atoms with Crippen molar-refractivity contribution >= 4 is 36.8 Å². The lowest BCUT2D eigenvalue weighted by Crippen LogP contribution is -1.97. The Labute approximate surface area is 130 Å². The summed E-state index contributed by atoms with van der Waals surface area (Å²) in [6.45, 7) is 0. The smallest absolute Gasteiger partial charge is 0.175 e. The first-order chi connectivity index (χ1) is 9.86. The first kappa shape index (κ1) is 14.2. The first-order valence-corrected chi connectivity index (χ1v) is 8.83. The number of sulfone groups is 1. The van der Waals surface area contributed by atoms with Gasteiger partial charge in [-0.1, -0.05) is 0 Å². The summed E-state index contributed by atoms with van der Waals surface area (Å²) in [6.07, 6.45) is 2.90. The molecule has 0 atom stereocenters. The lowest BCUT2D eigenvalue weighted by molar-refractivity contribution is 0.602. The topological polar surface area (TPSA) is 64.8 Å². The summed E-state index contributed by atoms with van der Waals surface area (Å²) in [5.74, 6) is 0.768. The van der Waals surface area contributed by atoms with Crippen LogP contribution in [0.1, 0.15) is 0 Å². The van der Waals surface area contributed by atoms with Crippen LogP contribution in [0.5, 0.6) is 0 Å². The molecule has 0 saturated carbocycles. The number of benzene rings is 1. The quantitative estimate of drug-likeness (QED) is 0.655. The molecule has 3 aromatic rings. The number of hydrogen-bond acceptors (Lipinski definition) is 4. The van der Waals surface area contributed by atoms with E-state index in [0.717, 1.165) is 27.0 Å². The van der Waals surface area contributed by atoms with Crippen LogP contribution in [0, 0.1) is 0 Å². The van der Waals surface area contributed by atoms with Crippen LogP contribution in [0.2, 0.25) is 0 Å². The van der Waals surface area contributed by atoms with Crippen molar-refractivity contribution in [2.45, 2.75) is 4.90 Å². The zero-order valence-electron chi connectivity index (χ0n) is 11.4. The van der Waals surface area contributed by atoms with Crippen LogP contribution in [0.25, 0.3) is 22.4 Å². The fourth-order valence-corrected chi connectivity index (χ4v) is 3.13. The molecule has 0 aliphatic rings. The molecule has 2 aromatic heterocycles. The van der Waals surface area contributed by atoms with E-state index in [1.807, 2.05) is 17.7 Å². The van der Waals surface area contributed by atoms with Gasteiger partial charge in [-0.25, -0.2) is 18.4 Å². The predicted octanol–water partition coefficient (Wildman–Crippen LogP) is 2.80. The molecule has 3 rings (SSSR count). The van der Waals surface area contributed by atoms with E-state index in [0.29, 0.717) is 4.90 Å². The fraction of sp³-hybridized carbons (Fsp3) is 0.143. The highest BCUT2D eigenvalue weighted by Gasteiger charge is 2.12. The molecule has 0 saturated heterocycles. The van der Waals surface area contributed by atoms with Crippen molar-refractivity contribution in [2.75, 3.05) is 6.26 Å². The van der Waals surface area contributed by atoms with Gasteiger partial charge in [-0.3, -0.25) is 0 Å². The predicted molar refractivity (Wildman–Crippen MR) is 84.8 cm³/mol. The molecule has 1 aromatic carbocycles. The van der Waals surface area contributed by atoms with Crippen molar-refractivity contribution < 1.29 is 8.42 Å². The second-order valence-corrected chi connectivity index (χ2v) is 7.61. The Morgan fingerprint density at radius 1 is 1.19 bits per heavy atom. The largest absolute Gasteiger partial charge is 0.327 e. The van der Waals surface area contributed by atoms with E-state index in [4.69, 9.17) is 0 Å². The van der Waals surface area contributed by atoms with Crippen molar-refractivity contribution in [2.24, 2.45) is 7.05 Å². The molecule has 0 N–H and O–H groups in total. The highest BCUT2D eigenvalue weighted by atomic mass is 79.9. The molecule has 0 aliphatic carbocycles. The standard InChI is InChI=1S/C14H12BrN3O2S/c1-18-12-7-13(15)16-8-11(12)17-14(18)9-3-5-10(6-4-9)21(2,19)20/h3-8H,1-2H3. The number of halogens is 1. The highest BCUT2D eigenvalue weighted by Crippen LogP contribution is 2.25. The Bertz CT molecular complexity index is 931. The summed E-state index contributed by atoms with van der Waals surface area (Å²) in [6, 6.07) is 8.62. The Morgan fingerprint density at radius 3 is 2.48 bits per heavy atom. The highest BCUT2D eigenvalue weighted by molar-refractivity contribution is 9.10. The fourth-order valence-electron chi connectivity index (χ4n) is 2.18. The van der Waals surface area contributed by atoms with Gasteiger partial charge in [0.25, 0.3) is 0 Å². The molecule has 0 bridgehead atoms. The molecule has 2 heterocycles. The van der Waals surface area contributed by atoms with Crippen molar-refractivity contribution in [3.05, 3.63) is 41.1 Å². The van der Waals surface area contributed by atoms with Crippen LogP contribution in [0.15, 0.2) is 46.0 Å². The Morgan fingerprint density at radius 2 is 1.86 bits per heavy atom. The molecule has 108 valence electrons. The van der Waals surface area contributed by atoms with Crippen LogP contribution < -0.4 is 0 Å². The summed E-state index contributed by atoms with van der Waals surface area (Å²) in [5.41, 5.74) is 2.61. The molecule has 0 fully saturated rings. The molecule has 0 aliphatic heterocycles. The number of fused-ring (bicyclic) bond motifs is 1. The molecule has 7 heteroatoms. The molecule has 0 radical (unpaired) electrons. The van der Waals surface area contributed by atoms with Crippen LogP contribution in [-0.2, 0) is 16.9 Å². The van der Waals surface area contributed by atoms with E-state index in [1.54, 1.807) is 30.5 Å². The Kier molecular flexibility index (Phi) is 3.33. The van der Waals surface area contributed by atoms with Crippen molar-refractivity contribution in [1.82, 2.24) is 14.5 Å². The van der Waals surface area contributed by atoms with E-state index in [1.165, 1.54) is 6.26 Å². The number of aryl methyl sites for hydroxylation is 1. The van der Waals surface area contributed by atoms with E-state index in [2.05, 4.69) is 25.9 Å². The summed E-state index contributed by atoms with van der Waals surface area (Å²) in [7, 11) is -1.27. The van der Waals surface area contributed by atoms with Gasteiger partial charge in [0.2, 0.25) is 0 Å². The average Bonchev–Trinajstić information content (AvgIpc) is 2.75. The normalized spacial score (nSPS) is 12.0. The number of aromatic nitrogens is 3. The zero-order chi connectivity index (χ0) is 15.2. The average molecular weight is 366 g/mol. The van der Waals surface area contributed by atoms with E-state index in [9.17, 15) is 8.42 Å². The summed E-state index contributed by atoms with van der Waals surface area (Å²) in [4.78, 5) is 9.01. The van der Waals surface area contributed by atoms with Crippen molar-refractivity contribution in [3.8, 4) is 11.4 Å². The van der Waals surface area contributed by atoms with Gasteiger partial charge in [-0.05, 0) is 46.3 Å². The van der Waals surface area contributed by atoms with Gasteiger partial charge in [-0.15, -0.1) is 0 Å². The molecule has 0 spiro atoms. The van der Waals surface area contributed by atoms with Gasteiger partial charge in [0, 0.05) is 18.9 Å². The molecular formula is C14H12BrN3O2S. The Hall–Kier alpha value is -1.73. The number of imidazole rings is 1. The second kappa shape index (κ2) is 4.92. The maximum atomic E-state index is 11.5. The van der Waals surface area contributed by atoms with Gasteiger partial charge in [0.05, 0.1) is 16.6 Å². The molecule has 0 amide bonds. The van der Waals surface area contributed by atoms with E-state index < -0.39 is 9.84 Å².